The summed E-state index contributed by atoms with van der Waals surface area (Å²) >= 11 is 1.45. The Labute approximate surface area is 112 Å². The van der Waals surface area contributed by atoms with Crippen LogP contribution in [0.3, 0.4) is 0 Å². The number of nitrogens with zero attached hydrogens (tertiary/aromatic N) is 2. The monoisotopic (exact) mass is 268 g/mol. The number of carbonyl (C=O) groups is 1. The molecule has 1 aliphatic carbocycles. The molecular formula is C13H20N2O2S. The molecule has 1 aliphatic rings. The lowest BCUT2D eigenvalue weighted by atomic mass is 9.94. The summed E-state index contributed by atoms with van der Waals surface area (Å²) in [6, 6.07) is 0.706. The largest absolute Gasteiger partial charge is 0.476 e. The van der Waals surface area contributed by atoms with Crippen molar-refractivity contribution in [1.29, 1.82) is 0 Å². The van der Waals surface area contributed by atoms with Crippen LogP contribution in [0, 0.1) is 0 Å². The van der Waals surface area contributed by atoms with Gasteiger partial charge in [0.1, 0.15) is 0 Å². The SMILES string of the molecule is CN(CCc1nc(C(=O)O)cs1)C1CCCCC1. The fourth-order valence-electron chi connectivity index (χ4n) is 2.50. The van der Waals surface area contributed by atoms with E-state index in [9.17, 15) is 4.79 Å². The Morgan fingerprint density at radius 2 is 2.22 bits per heavy atom. The summed E-state index contributed by atoms with van der Waals surface area (Å²) in [4.78, 5) is 17.3. The molecule has 1 saturated carbocycles. The van der Waals surface area contributed by atoms with Crippen LogP contribution in [0.4, 0.5) is 0 Å². The minimum absolute atomic E-state index is 0.176. The van der Waals surface area contributed by atoms with Crippen molar-refractivity contribution < 1.29 is 9.90 Å². The quantitative estimate of drug-likeness (QED) is 0.892. The minimum atomic E-state index is -0.932. The maximum absolute atomic E-state index is 10.7. The molecule has 0 aliphatic heterocycles. The lowest BCUT2D eigenvalue weighted by molar-refractivity contribution is 0.0691. The lowest BCUT2D eigenvalue weighted by Crippen LogP contribution is -2.34. The maximum atomic E-state index is 10.7. The van der Waals surface area contributed by atoms with Crippen molar-refractivity contribution in [1.82, 2.24) is 9.88 Å². The molecule has 1 heterocycles. The predicted octanol–water partition coefficient (Wildman–Crippen LogP) is 2.65. The minimum Gasteiger partial charge on any atom is -0.476 e. The topological polar surface area (TPSA) is 53.4 Å². The summed E-state index contributed by atoms with van der Waals surface area (Å²) in [6.07, 6.45) is 7.51. The molecule has 4 nitrogen and oxygen atoms in total. The van der Waals surface area contributed by atoms with Gasteiger partial charge in [-0.2, -0.15) is 0 Å². The molecule has 0 spiro atoms. The third kappa shape index (κ3) is 3.53. The highest BCUT2D eigenvalue weighted by Gasteiger charge is 2.18. The third-order valence-corrected chi connectivity index (χ3v) is 4.56. The number of hydrogen-bond donors (Lipinski definition) is 1. The van der Waals surface area contributed by atoms with Crippen molar-refractivity contribution >= 4 is 17.3 Å². The molecule has 0 bridgehead atoms. The van der Waals surface area contributed by atoms with E-state index in [0.717, 1.165) is 18.0 Å². The van der Waals surface area contributed by atoms with Gasteiger partial charge in [0.15, 0.2) is 5.69 Å². The van der Waals surface area contributed by atoms with E-state index in [4.69, 9.17) is 5.11 Å². The van der Waals surface area contributed by atoms with Crippen LogP contribution in [0.2, 0.25) is 0 Å². The Balaban J connectivity index is 1.80. The van der Waals surface area contributed by atoms with Gasteiger partial charge < -0.3 is 10.0 Å². The van der Waals surface area contributed by atoms with E-state index in [2.05, 4.69) is 16.9 Å². The number of hydrogen-bond acceptors (Lipinski definition) is 4. The molecule has 1 aromatic heterocycles. The highest BCUT2D eigenvalue weighted by atomic mass is 32.1. The molecule has 0 amide bonds. The highest BCUT2D eigenvalue weighted by Crippen LogP contribution is 2.22. The summed E-state index contributed by atoms with van der Waals surface area (Å²) in [6.45, 7) is 0.969. The number of likely N-dealkylation sites (N-methyl/N-ethyl adjacent to an activating group) is 1. The van der Waals surface area contributed by atoms with Gasteiger partial charge in [0, 0.05) is 24.4 Å². The van der Waals surface area contributed by atoms with Crippen molar-refractivity contribution in [3.63, 3.8) is 0 Å². The average Bonchev–Trinajstić information content (AvgIpc) is 2.86. The van der Waals surface area contributed by atoms with E-state index < -0.39 is 5.97 Å². The summed E-state index contributed by atoms with van der Waals surface area (Å²) in [5.74, 6) is -0.932. The highest BCUT2D eigenvalue weighted by molar-refractivity contribution is 7.09. The van der Waals surface area contributed by atoms with Crippen LogP contribution < -0.4 is 0 Å². The summed E-state index contributed by atoms with van der Waals surface area (Å²) in [7, 11) is 2.17. The Morgan fingerprint density at radius 1 is 1.50 bits per heavy atom. The zero-order valence-corrected chi connectivity index (χ0v) is 11.6. The van der Waals surface area contributed by atoms with Gasteiger partial charge in [0.25, 0.3) is 0 Å². The molecular weight excluding hydrogens is 248 g/mol. The van der Waals surface area contributed by atoms with Gasteiger partial charge in [-0.3, -0.25) is 0 Å². The van der Waals surface area contributed by atoms with E-state index in [1.165, 1.54) is 43.4 Å². The Bertz CT molecular complexity index is 399. The van der Waals surface area contributed by atoms with Crippen molar-refractivity contribution in [3.05, 3.63) is 16.1 Å². The molecule has 1 aromatic rings. The first kappa shape index (κ1) is 13.5. The fraction of sp³-hybridized carbons (Fsp3) is 0.692. The van der Waals surface area contributed by atoms with Crippen LogP contribution >= 0.6 is 11.3 Å². The number of rotatable bonds is 5. The molecule has 1 fully saturated rings. The summed E-state index contributed by atoms with van der Waals surface area (Å²) < 4.78 is 0. The zero-order valence-electron chi connectivity index (χ0n) is 10.8. The smallest absolute Gasteiger partial charge is 0.355 e. The van der Waals surface area contributed by atoms with Crippen LogP contribution in [0.5, 0.6) is 0 Å². The van der Waals surface area contributed by atoms with Gasteiger partial charge in [-0.15, -0.1) is 11.3 Å². The lowest BCUT2D eigenvalue weighted by Gasteiger charge is -2.30. The predicted molar refractivity (Wildman–Crippen MR) is 72.3 cm³/mol. The number of carboxylic acid groups (broad SMARTS) is 1. The number of thiazole rings is 1. The molecule has 100 valence electrons. The molecule has 1 N–H and O–H groups in total. The van der Waals surface area contributed by atoms with Crippen LogP contribution in [0.25, 0.3) is 0 Å². The Morgan fingerprint density at radius 3 is 2.83 bits per heavy atom. The summed E-state index contributed by atoms with van der Waals surface area (Å²) in [5, 5.41) is 11.4. The molecule has 0 unspecified atom stereocenters. The molecule has 0 radical (unpaired) electrons. The second-order valence-electron chi connectivity index (χ2n) is 4.95. The van der Waals surface area contributed by atoms with Gasteiger partial charge in [-0.25, -0.2) is 9.78 Å². The first-order valence-electron chi connectivity index (χ1n) is 6.55. The van der Waals surface area contributed by atoms with Crippen LogP contribution in [0.1, 0.15) is 47.6 Å². The van der Waals surface area contributed by atoms with Crippen molar-refractivity contribution in [2.75, 3.05) is 13.6 Å². The van der Waals surface area contributed by atoms with Gasteiger partial charge in [0.2, 0.25) is 0 Å². The van der Waals surface area contributed by atoms with Crippen molar-refractivity contribution in [3.8, 4) is 0 Å². The van der Waals surface area contributed by atoms with Crippen LogP contribution in [-0.2, 0) is 6.42 Å². The second-order valence-corrected chi connectivity index (χ2v) is 5.90. The molecule has 5 heteroatoms. The van der Waals surface area contributed by atoms with Crippen LogP contribution in [-0.4, -0.2) is 40.6 Å². The van der Waals surface area contributed by atoms with E-state index in [0.29, 0.717) is 6.04 Å². The molecule has 2 rings (SSSR count). The van der Waals surface area contributed by atoms with Crippen molar-refractivity contribution in [2.45, 2.75) is 44.6 Å². The molecule has 0 aromatic carbocycles. The number of aromatic nitrogens is 1. The summed E-state index contributed by atoms with van der Waals surface area (Å²) in [5.41, 5.74) is 0.176. The Hall–Kier alpha value is -0.940. The zero-order chi connectivity index (χ0) is 13.0. The van der Waals surface area contributed by atoms with E-state index in [1.807, 2.05) is 0 Å². The first-order valence-corrected chi connectivity index (χ1v) is 7.42. The first-order chi connectivity index (χ1) is 8.66. The molecule has 18 heavy (non-hydrogen) atoms. The average molecular weight is 268 g/mol. The van der Waals surface area contributed by atoms with Gasteiger partial charge in [-0.1, -0.05) is 19.3 Å². The number of aromatic carboxylic acids is 1. The van der Waals surface area contributed by atoms with Crippen LogP contribution in [0.15, 0.2) is 5.38 Å². The third-order valence-electron chi connectivity index (χ3n) is 3.65. The molecule has 0 atom stereocenters. The normalized spacial score (nSPS) is 17.2. The Kier molecular flexibility index (Phi) is 4.72. The second kappa shape index (κ2) is 6.29. The fourth-order valence-corrected chi connectivity index (χ4v) is 3.26. The van der Waals surface area contributed by atoms with E-state index in [-0.39, 0.29) is 5.69 Å². The van der Waals surface area contributed by atoms with E-state index in [1.54, 1.807) is 5.38 Å². The number of carboxylic acids is 1. The maximum Gasteiger partial charge on any atom is 0.355 e. The van der Waals surface area contributed by atoms with Gasteiger partial charge >= 0.3 is 5.97 Å². The standard InChI is InChI=1S/C13H20N2O2S/c1-15(10-5-3-2-4-6-10)8-7-12-14-11(9-18-12)13(16)17/h9-10H,2-8H2,1H3,(H,16,17). The molecule has 0 saturated heterocycles. The van der Waals surface area contributed by atoms with Crippen molar-refractivity contribution in [2.24, 2.45) is 0 Å². The van der Waals surface area contributed by atoms with E-state index >= 15 is 0 Å². The van der Waals surface area contributed by atoms with Gasteiger partial charge in [0.05, 0.1) is 5.01 Å². The van der Waals surface area contributed by atoms with Gasteiger partial charge in [-0.05, 0) is 19.9 Å².